The average molecular weight is 704 g/mol. The number of carboxylic acid groups (broad SMARTS) is 2. The first-order valence-electron chi connectivity index (χ1n) is 17.2. The van der Waals surface area contributed by atoms with E-state index in [1.807, 2.05) is 20.8 Å². The van der Waals surface area contributed by atoms with Gasteiger partial charge in [0.1, 0.15) is 17.9 Å². The third-order valence-electron chi connectivity index (χ3n) is 9.42. The molecule has 14 nitrogen and oxygen atoms in total. The van der Waals surface area contributed by atoms with E-state index in [0.29, 0.717) is 24.3 Å². The summed E-state index contributed by atoms with van der Waals surface area (Å²) >= 11 is 0. The molecule has 0 saturated carbocycles. The number of benzene rings is 1. The number of nitrogens with zero attached hydrogens (tertiary/aromatic N) is 7. The van der Waals surface area contributed by atoms with E-state index in [2.05, 4.69) is 57.7 Å². The topological polar surface area (TPSA) is 162 Å². The van der Waals surface area contributed by atoms with Gasteiger partial charge < -0.3 is 34.4 Å². The van der Waals surface area contributed by atoms with Gasteiger partial charge in [-0.1, -0.05) is 13.8 Å². The minimum Gasteiger partial charge on any atom is -0.473 e. The fourth-order valence-corrected chi connectivity index (χ4v) is 6.84. The van der Waals surface area contributed by atoms with E-state index in [0.717, 1.165) is 45.7 Å². The molecule has 1 aromatic heterocycles. The van der Waals surface area contributed by atoms with Gasteiger partial charge in [0.05, 0.1) is 11.7 Å². The van der Waals surface area contributed by atoms with Gasteiger partial charge in [0.15, 0.2) is 5.82 Å². The highest BCUT2D eigenvalue weighted by Gasteiger charge is 2.50. The number of anilines is 1. The monoisotopic (exact) mass is 703 g/mol. The van der Waals surface area contributed by atoms with Gasteiger partial charge in [-0.2, -0.15) is 0 Å². The minimum absolute atomic E-state index is 0.0402. The quantitative estimate of drug-likeness (QED) is 0.255. The van der Waals surface area contributed by atoms with Crippen molar-refractivity contribution in [3.8, 4) is 11.6 Å². The van der Waals surface area contributed by atoms with E-state index in [9.17, 15) is 9.18 Å². The van der Waals surface area contributed by atoms with Gasteiger partial charge in [0.2, 0.25) is 0 Å². The highest BCUT2D eigenvalue weighted by molar-refractivity contribution is 6.27. The Hall–Kier alpha value is -3.95. The van der Waals surface area contributed by atoms with Crippen molar-refractivity contribution in [3.05, 3.63) is 35.9 Å². The molecule has 0 bridgehead atoms. The lowest BCUT2D eigenvalue weighted by Crippen LogP contribution is -2.62. The molecule has 2 fully saturated rings. The third kappa shape index (κ3) is 10.8. The number of methoxy groups -OCH3 is 1. The number of aromatic nitrogens is 3. The summed E-state index contributed by atoms with van der Waals surface area (Å²) < 4.78 is 25.9. The molecule has 2 aliphatic heterocycles. The number of carbonyl (C=O) groups excluding carboxylic acids is 1. The average Bonchev–Trinajstić information content (AvgIpc) is 3.49. The van der Waals surface area contributed by atoms with Crippen molar-refractivity contribution in [1.82, 2.24) is 29.9 Å². The Morgan fingerprint density at radius 3 is 2.34 bits per heavy atom. The van der Waals surface area contributed by atoms with Crippen molar-refractivity contribution >= 4 is 23.7 Å². The van der Waals surface area contributed by atoms with E-state index in [1.54, 1.807) is 12.0 Å². The van der Waals surface area contributed by atoms with Crippen LogP contribution < -0.4 is 9.64 Å². The Morgan fingerprint density at radius 2 is 1.76 bits per heavy atom. The number of carbonyl (C=O) groups is 3. The SMILES string of the molecule is CCN(C(=O)c1cc(F)ccc1Oc1nncnc1N1CCC2(C1)CN([C@H](CCCN(C)CC(C)OC)C(C)C)C2)C(C)C.O=C(O)C(=O)O. The summed E-state index contributed by atoms with van der Waals surface area (Å²) in [6.45, 7) is 18.9. The predicted molar refractivity (Wildman–Crippen MR) is 186 cm³/mol. The highest BCUT2D eigenvalue weighted by Crippen LogP contribution is 2.44. The molecule has 278 valence electrons. The van der Waals surface area contributed by atoms with Crippen LogP contribution in [0.2, 0.25) is 0 Å². The number of rotatable bonds is 15. The molecule has 1 aromatic carbocycles. The number of halogens is 1. The molecule has 1 spiro atoms. The van der Waals surface area contributed by atoms with Crippen LogP contribution in [-0.4, -0.2) is 136 Å². The van der Waals surface area contributed by atoms with Crippen LogP contribution in [0.3, 0.4) is 0 Å². The molecule has 15 heteroatoms. The van der Waals surface area contributed by atoms with E-state index >= 15 is 0 Å². The number of hydrogen-bond donors (Lipinski definition) is 2. The summed E-state index contributed by atoms with van der Waals surface area (Å²) in [5, 5.41) is 23.0. The zero-order chi connectivity index (χ0) is 37.2. The zero-order valence-corrected chi connectivity index (χ0v) is 30.6. The summed E-state index contributed by atoms with van der Waals surface area (Å²) in [5.41, 5.74) is 0.361. The van der Waals surface area contributed by atoms with Crippen LogP contribution >= 0.6 is 0 Å². The maximum absolute atomic E-state index is 14.3. The van der Waals surface area contributed by atoms with E-state index in [4.69, 9.17) is 29.3 Å². The lowest BCUT2D eigenvalue weighted by molar-refractivity contribution is -0.159. The molecule has 4 rings (SSSR count). The maximum Gasteiger partial charge on any atom is 0.414 e. The molecular weight excluding hydrogens is 649 g/mol. The number of carboxylic acids is 2. The molecular formula is C35H54FN7O7. The van der Waals surface area contributed by atoms with Crippen molar-refractivity contribution < 1.29 is 38.5 Å². The van der Waals surface area contributed by atoms with E-state index in [1.165, 1.54) is 37.4 Å². The second-order valence-electron chi connectivity index (χ2n) is 14.0. The number of amides is 1. The molecule has 1 unspecified atom stereocenters. The first kappa shape index (κ1) is 40.5. The molecule has 0 radical (unpaired) electrons. The lowest BCUT2D eigenvalue weighted by atomic mass is 9.76. The number of hydrogen-bond acceptors (Lipinski definition) is 11. The molecule has 3 heterocycles. The first-order valence-corrected chi connectivity index (χ1v) is 17.2. The molecule has 2 atom stereocenters. The van der Waals surface area contributed by atoms with Crippen molar-refractivity contribution in [3.63, 3.8) is 0 Å². The summed E-state index contributed by atoms with van der Waals surface area (Å²) in [7, 11) is 3.94. The highest BCUT2D eigenvalue weighted by atomic mass is 19.1. The van der Waals surface area contributed by atoms with Crippen LogP contribution in [0.25, 0.3) is 0 Å². The van der Waals surface area contributed by atoms with Crippen LogP contribution in [-0.2, 0) is 14.3 Å². The fraction of sp³-hybridized carbons (Fsp3) is 0.657. The van der Waals surface area contributed by atoms with Gasteiger partial charge >= 0.3 is 11.9 Å². The van der Waals surface area contributed by atoms with Gasteiger partial charge in [-0.3, -0.25) is 9.69 Å². The Morgan fingerprint density at radius 1 is 1.08 bits per heavy atom. The van der Waals surface area contributed by atoms with Gasteiger partial charge in [-0.15, -0.1) is 10.2 Å². The van der Waals surface area contributed by atoms with Gasteiger partial charge in [-0.25, -0.2) is 19.0 Å². The van der Waals surface area contributed by atoms with Crippen molar-refractivity contribution in [2.45, 2.75) is 79.0 Å². The Balaban J connectivity index is 0.00000103. The third-order valence-corrected chi connectivity index (χ3v) is 9.42. The smallest absolute Gasteiger partial charge is 0.414 e. The van der Waals surface area contributed by atoms with E-state index < -0.39 is 17.8 Å². The van der Waals surface area contributed by atoms with Crippen LogP contribution in [0.15, 0.2) is 24.5 Å². The Bertz CT molecular complexity index is 1430. The molecule has 2 aliphatic rings. The standard InChI is InChI=1S/C33H52FN7O3.C2H2O4/c1-9-41(24(4)5)32(42)27-17-26(34)12-13-29(27)44-31-30(35-22-36-37-31)39-16-14-33(19-39)20-40(21-33)28(23(2)3)11-10-15-38(7)18-25(6)43-8;3-1(4)2(5)6/h12-13,17,22-25,28H,9-11,14-16,18-21H2,1-8H3;(H,3,4)(H,5,6)/t25?,28-;/m1./s1. The van der Waals surface area contributed by atoms with Crippen molar-refractivity contribution in [1.29, 1.82) is 0 Å². The number of aliphatic carboxylic acids is 2. The minimum atomic E-state index is -1.82. The summed E-state index contributed by atoms with van der Waals surface area (Å²) in [5.74, 6) is -2.78. The molecule has 2 N–H and O–H groups in total. The van der Waals surface area contributed by atoms with Gasteiger partial charge in [-0.05, 0) is 84.7 Å². The number of likely N-dealkylation sites (N-methyl/N-ethyl adjacent to an activating group) is 1. The maximum atomic E-state index is 14.3. The molecule has 50 heavy (non-hydrogen) atoms. The van der Waals surface area contributed by atoms with Crippen molar-refractivity contribution in [2.24, 2.45) is 11.3 Å². The second kappa shape index (κ2) is 18.3. The van der Waals surface area contributed by atoms with Crippen LogP contribution in [0, 0.1) is 17.2 Å². The Kier molecular flexibility index (Phi) is 14.8. The molecule has 0 aliphatic carbocycles. The normalized spacial score (nSPS) is 16.6. The van der Waals surface area contributed by atoms with Gasteiger partial charge in [0.25, 0.3) is 11.8 Å². The van der Waals surface area contributed by atoms with E-state index in [-0.39, 0.29) is 40.7 Å². The van der Waals surface area contributed by atoms with Crippen LogP contribution in [0.1, 0.15) is 71.2 Å². The van der Waals surface area contributed by atoms with Crippen LogP contribution in [0.4, 0.5) is 10.2 Å². The van der Waals surface area contributed by atoms with Crippen molar-refractivity contribution in [2.75, 3.05) is 64.9 Å². The molecule has 1 amide bonds. The summed E-state index contributed by atoms with van der Waals surface area (Å²) in [4.78, 5) is 45.0. The lowest BCUT2D eigenvalue weighted by Gasteiger charge is -2.53. The van der Waals surface area contributed by atoms with Gasteiger partial charge in [0, 0.05) is 63.9 Å². The summed E-state index contributed by atoms with van der Waals surface area (Å²) in [6.07, 6.45) is 5.08. The number of likely N-dealkylation sites (tertiary alicyclic amines) is 1. The van der Waals surface area contributed by atoms with Crippen LogP contribution in [0.5, 0.6) is 11.6 Å². The predicted octanol–water partition coefficient (Wildman–Crippen LogP) is 4.11. The Labute approximate surface area is 294 Å². The second-order valence-corrected chi connectivity index (χ2v) is 14.0. The summed E-state index contributed by atoms with van der Waals surface area (Å²) in [6, 6.07) is 4.51. The first-order chi connectivity index (χ1) is 23.6. The zero-order valence-electron chi connectivity index (χ0n) is 30.6. The number of ether oxygens (including phenoxy) is 2. The molecule has 2 aromatic rings. The largest absolute Gasteiger partial charge is 0.473 e. The molecule has 2 saturated heterocycles. The fourth-order valence-electron chi connectivity index (χ4n) is 6.84.